The molecule has 2 aromatic rings. The Morgan fingerprint density at radius 2 is 2.08 bits per heavy atom. The molecule has 2 aliphatic heterocycles. The number of ether oxygens (including phenoxy) is 1. The summed E-state index contributed by atoms with van der Waals surface area (Å²) in [7, 11) is 1.81. The summed E-state index contributed by atoms with van der Waals surface area (Å²) in [6.07, 6.45) is 3.63. The number of carbonyl (C=O) groups excluding carboxylic acids is 1. The highest BCUT2D eigenvalue weighted by molar-refractivity contribution is 5.93. The van der Waals surface area contributed by atoms with E-state index < -0.39 is 0 Å². The van der Waals surface area contributed by atoms with Gasteiger partial charge in [0.25, 0.3) is 5.91 Å². The number of morpholine rings is 1. The molecule has 4 rings (SSSR count). The van der Waals surface area contributed by atoms with Crippen LogP contribution >= 0.6 is 0 Å². The van der Waals surface area contributed by atoms with E-state index in [1.807, 2.05) is 11.0 Å². The Hall–Kier alpha value is -2.25. The highest BCUT2D eigenvalue weighted by atomic mass is 16.5. The fraction of sp³-hybridized carbons (Fsp3) is 0.526. The van der Waals surface area contributed by atoms with Crippen molar-refractivity contribution in [2.75, 3.05) is 32.8 Å². The lowest BCUT2D eigenvalue weighted by atomic mass is 10.1. The third-order valence-corrected chi connectivity index (χ3v) is 5.21. The van der Waals surface area contributed by atoms with Gasteiger partial charge in [-0.2, -0.15) is 5.10 Å². The smallest absolute Gasteiger partial charge is 0.272 e. The van der Waals surface area contributed by atoms with Gasteiger partial charge >= 0.3 is 0 Å². The maximum Gasteiger partial charge on any atom is 0.272 e. The Morgan fingerprint density at radius 1 is 1.23 bits per heavy atom. The lowest BCUT2D eigenvalue weighted by Crippen LogP contribution is -2.36. The van der Waals surface area contributed by atoms with Crippen molar-refractivity contribution in [2.45, 2.75) is 25.4 Å². The van der Waals surface area contributed by atoms with E-state index in [0.717, 1.165) is 63.6 Å². The number of rotatable bonds is 4. The van der Waals surface area contributed by atoms with Crippen LogP contribution in [0.2, 0.25) is 0 Å². The summed E-state index contributed by atoms with van der Waals surface area (Å²) in [5.74, 6) is 0.0351. The molecular formula is C19H25N5O2. The molecule has 138 valence electrons. The molecule has 4 heterocycles. The Kier molecular flexibility index (Phi) is 4.99. The highest BCUT2D eigenvalue weighted by Gasteiger charge is 2.32. The molecule has 2 aromatic heterocycles. The van der Waals surface area contributed by atoms with Crippen LogP contribution < -0.4 is 0 Å². The van der Waals surface area contributed by atoms with Gasteiger partial charge < -0.3 is 9.64 Å². The average molecular weight is 355 g/mol. The summed E-state index contributed by atoms with van der Waals surface area (Å²) in [6.45, 7) is 5.06. The van der Waals surface area contributed by atoms with Crippen molar-refractivity contribution in [2.24, 2.45) is 7.05 Å². The maximum absolute atomic E-state index is 12.9. The second-order valence-corrected chi connectivity index (χ2v) is 6.94. The number of hydrogen-bond donors (Lipinski definition) is 0. The van der Waals surface area contributed by atoms with E-state index in [1.165, 1.54) is 0 Å². The molecular weight excluding hydrogens is 330 g/mol. The Balaban J connectivity index is 1.51. The van der Waals surface area contributed by atoms with Crippen LogP contribution in [0.5, 0.6) is 0 Å². The molecule has 26 heavy (non-hydrogen) atoms. The van der Waals surface area contributed by atoms with Crippen LogP contribution in [0, 0.1) is 0 Å². The molecule has 0 radical (unpaired) electrons. The van der Waals surface area contributed by atoms with E-state index in [0.29, 0.717) is 5.69 Å². The van der Waals surface area contributed by atoms with Crippen LogP contribution in [0.15, 0.2) is 30.5 Å². The number of hydrogen-bond acceptors (Lipinski definition) is 5. The molecule has 0 bridgehead atoms. The molecule has 0 unspecified atom stereocenters. The number of amides is 1. The minimum atomic E-state index is 0.0351. The number of pyridine rings is 1. The van der Waals surface area contributed by atoms with Gasteiger partial charge in [0.1, 0.15) is 5.69 Å². The third kappa shape index (κ3) is 3.50. The molecule has 1 amide bonds. The van der Waals surface area contributed by atoms with Crippen LogP contribution in [0.4, 0.5) is 0 Å². The predicted octanol–water partition coefficient (Wildman–Crippen LogP) is 1.62. The van der Waals surface area contributed by atoms with Crippen molar-refractivity contribution in [3.05, 3.63) is 47.5 Å². The molecule has 0 aromatic carbocycles. The maximum atomic E-state index is 12.9. The topological polar surface area (TPSA) is 63.5 Å². The van der Waals surface area contributed by atoms with Crippen LogP contribution in [0.3, 0.4) is 0 Å². The molecule has 0 saturated carbocycles. The second kappa shape index (κ2) is 7.55. The molecule has 0 N–H and O–H groups in total. The van der Waals surface area contributed by atoms with Crippen molar-refractivity contribution in [3.63, 3.8) is 0 Å². The van der Waals surface area contributed by atoms with Gasteiger partial charge in [-0.1, -0.05) is 6.07 Å². The van der Waals surface area contributed by atoms with Gasteiger partial charge in [-0.3, -0.25) is 19.4 Å². The lowest BCUT2D eigenvalue weighted by Gasteiger charge is -2.27. The van der Waals surface area contributed by atoms with Crippen LogP contribution in [-0.4, -0.2) is 63.3 Å². The van der Waals surface area contributed by atoms with Crippen molar-refractivity contribution < 1.29 is 9.53 Å². The molecule has 2 fully saturated rings. The van der Waals surface area contributed by atoms with Gasteiger partial charge in [-0.25, -0.2) is 0 Å². The first kappa shape index (κ1) is 17.2. The quantitative estimate of drug-likeness (QED) is 0.834. The zero-order valence-corrected chi connectivity index (χ0v) is 15.2. The SMILES string of the molecule is Cn1nccc1C(=O)N1CCC[C@@H]1c1cccc(CN2CCOCC2)n1. The monoisotopic (exact) mass is 355 g/mol. The Morgan fingerprint density at radius 3 is 2.85 bits per heavy atom. The Bertz CT molecular complexity index is 769. The fourth-order valence-corrected chi connectivity index (χ4v) is 3.81. The van der Waals surface area contributed by atoms with Gasteiger partial charge in [0, 0.05) is 39.4 Å². The summed E-state index contributed by atoms with van der Waals surface area (Å²) in [6, 6.07) is 7.99. The number of carbonyl (C=O) groups is 1. The van der Waals surface area contributed by atoms with Gasteiger partial charge in [-0.15, -0.1) is 0 Å². The van der Waals surface area contributed by atoms with Gasteiger partial charge in [0.05, 0.1) is 30.6 Å². The van der Waals surface area contributed by atoms with Crippen molar-refractivity contribution >= 4 is 5.91 Å². The predicted molar refractivity (Wildman–Crippen MR) is 96.6 cm³/mol. The minimum Gasteiger partial charge on any atom is -0.379 e. The number of likely N-dealkylation sites (tertiary alicyclic amines) is 1. The summed E-state index contributed by atoms with van der Waals surface area (Å²) in [5, 5.41) is 4.12. The molecule has 0 spiro atoms. The first-order valence-electron chi connectivity index (χ1n) is 9.27. The number of aromatic nitrogens is 3. The molecule has 7 heteroatoms. The highest BCUT2D eigenvalue weighted by Crippen LogP contribution is 2.32. The standard InChI is InChI=1S/C19H25N5O2/c1-22-18(7-8-20-22)19(25)24-9-3-6-17(24)16-5-2-4-15(21-16)14-23-10-12-26-13-11-23/h2,4-5,7-8,17H,3,6,9-14H2,1H3/t17-/m1/s1. The molecule has 2 saturated heterocycles. The van der Waals surface area contributed by atoms with Gasteiger partial charge in [0.15, 0.2) is 0 Å². The summed E-state index contributed by atoms with van der Waals surface area (Å²) >= 11 is 0. The molecule has 2 aliphatic rings. The third-order valence-electron chi connectivity index (χ3n) is 5.21. The number of nitrogens with zero attached hydrogens (tertiary/aromatic N) is 5. The van der Waals surface area contributed by atoms with E-state index >= 15 is 0 Å². The van der Waals surface area contributed by atoms with E-state index in [-0.39, 0.29) is 11.9 Å². The zero-order valence-electron chi connectivity index (χ0n) is 15.2. The van der Waals surface area contributed by atoms with Crippen molar-refractivity contribution in [3.8, 4) is 0 Å². The normalized spacial score (nSPS) is 21.3. The van der Waals surface area contributed by atoms with Crippen molar-refractivity contribution in [1.82, 2.24) is 24.6 Å². The van der Waals surface area contributed by atoms with Gasteiger partial charge in [-0.05, 0) is 31.0 Å². The first-order valence-corrected chi connectivity index (χ1v) is 9.27. The first-order chi connectivity index (χ1) is 12.7. The summed E-state index contributed by atoms with van der Waals surface area (Å²) < 4.78 is 7.05. The van der Waals surface area contributed by atoms with Crippen molar-refractivity contribution in [1.29, 1.82) is 0 Å². The van der Waals surface area contributed by atoms with E-state index in [2.05, 4.69) is 22.1 Å². The van der Waals surface area contributed by atoms with Crippen LogP contribution in [0.25, 0.3) is 0 Å². The summed E-state index contributed by atoms with van der Waals surface area (Å²) in [4.78, 5) is 22.1. The second-order valence-electron chi connectivity index (χ2n) is 6.94. The minimum absolute atomic E-state index is 0.0351. The summed E-state index contributed by atoms with van der Waals surface area (Å²) in [5.41, 5.74) is 2.68. The molecule has 1 atom stereocenters. The van der Waals surface area contributed by atoms with Crippen LogP contribution in [-0.2, 0) is 18.3 Å². The largest absolute Gasteiger partial charge is 0.379 e. The number of aryl methyl sites for hydroxylation is 1. The van der Waals surface area contributed by atoms with Crippen LogP contribution in [0.1, 0.15) is 40.8 Å². The average Bonchev–Trinajstić information content (AvgIpc) is 3.31. The van der Waals surface area contributed by atoms with E-state index in [1.54, 1.807) is 24.0 Å². The van der Waals surface area contributed by atoms with E-state index in [4.69, 9.17) is 9.72 Å². The molecule has 0 aliphatic carbocycles. The fourth-order valence-electron chi connectivity index (χ4n) is 3.81. The Labute approximate surface area is 153 Å². The molecule has 7 nitrogen and oxygen atoms in total. The zero-order chi connectivity index (χ0) is 17.9. The van der Waals surface area contributed by atoms with E-state index in [9.17, 15) is 4.79 Å². The van der Waals surface area contributed by atoms with Gasteiger partial charge in [0.2, 0.25) is 0 Å². The lowest BCUT2D eigenvalue weighted by molar-refractivity contribution is 0.0336.